The molecule has 2 heterocycles. The lowest BCUT2D eigenvalue weighted by Gasteiger charge is -2.31. The fraction of sp³-hybridized carbons (Fsp3) is 0.138. The van der Waals surface area contributed by atoms with Gasteiger partial charge in [-0.15, -0.1) is 0 Å². The summed E-state index contributed by atoms with van der Waals surface area (Å²) in [5.41, 5.74) is 3.31. The highest BCUT2D eigenvalue weighted by atomic mass is 16.5. The van der Waals surface area contributed by atoms with Gasteiger partial charge in [0.05, 0.1) is 26.0 Å². The number of carbonyl (C=O) groups excluding carboxylic acids is 2. The Labute approximate surface area is 220 Å². The minimum atomic E-state index is -0.710. The molecule has 1 atom stereocenters. The van der Waals surface area contributed by atoms with Crippen LogP contribution in [0.1, 0.15) is 28.9 Å². The summed E-state index contributed by atoms with van der Waals surface area (Å²) < 4.78 is 12.9. The molecule has 0 fully saturated rings. The second kappa shape index (κ2) is 10.5. The van der Waals surface area contributed by atoms with Gasteiger partial charge in [-0.1, -0.05) is 48.5 Å². The molecule has 0 spiro atoms. The molecule has 9 nitrogen and oxygen atoms in total. The van der Waals surface area contributed by atoms with Gasteiger partial charge in [0, 0.05) is 22.6 Å². The van der Waals surface area contributed by atoms with Crippen LogP contribution < -0.4 is 25.4 Å². The molecule has 0 aliphatic carbocycles. The van der Waals surface area contributed by atoms with Crippen molar-refractivity contribution >= 4 is 29.0 Å². The lowest BCUT2D eigenvalue weighted by molar-refractivity contribution is -0.113. The first kappa shape index (κ1) is 24.6. The number of hydrogen-bond donors (Lipinski definition) is 3. The van der Waals surface area contributed by atoms with E-state index in [1.807, 2.05) is 72.8 Å². The van der Waals surface area contributed by atoms with Crippen LogP contribution in [0.4, 0.5) is 17.2 Å². The molecule has 1 aromatic heterocycles. The molecule has 0 saturated heterocycles. The largest absolute Gasteiger partial charge is 0.493 e. The van der Waals surface area contributed by atoms with Gasteiger partial charge in [0.2, 0.25) is 0 Å². The number of fused-ring (bicyclic) bond motifs is 1. The second-order valence-electron chi connectivity index (χ2n) is 8.64. The van der Waals surface area contributed by atoms with E-state index in [0.717, 1.165) is 0 Å². The number of para-hydroxylation sites is 3. The van der Waals surface area contributed by atoms with E-state index in [4.69, 9.17) is 9.47 Å². The maximum atomic E-state index is 13.7. The average molecular weight is 510 g/mol. The summed E-state index contributed by atoms with van der Waals surface area (Å²) in [7, 11) is 3.10. The van der Waals surface area contributed by atoms with Gasteiger partial charge in [0.1, 0.15) is 17.4 Å². The normalized spacial score (nSPS) is 14.2. The smallest absolute Gasteiger partial charge is 0.261 e. The van der Waals surface area contributed by atoms with E-state index >= 15 is 0 Å². The van der Waals surface area contributed by atoms with Crippen LogP contribution in [-0.2, 0) is 4.79 Å². The second-order valence-corrected chi connectivity index (χ2v) is 8.64. The lowest BCUT2D eigenvalue weighted by Crippen LogP contribution is -2.32. The quantitative estimate of drug-likeness (QED) is 0.321. The number of nitrogens with one attached hydrogen (secondary N) is 3. The van der Waals surface area contributed by atoms with E-state index in [0.29, 0.717) is 51.1 Å². The van der Waals surface area contributed by atoms with Gasteiger partial charge in [-0.2, -0.15) is 5.10 Å². The van der Waals surface area contributed by atoms with Crippen molar-refractivity contribution in [3.05, 3.63) is 107 Å². The fourth-order valence-electron chi connectivity index (χ4n) is 4.57. The first-order valence-electron chi connectivity index (χ1n) is 12.0. The molecule has 1 aliphatic heterocycles. The topological polar surface area (TPSA) is 107 Å². The predicted octanol–water partition coefficient (Wildman–Crippen LogP) is 5.08. The first-order chi connectivity index (χ1) is 18.5. The van der Waals surface area contributed by atoms with Crippen molar-refractivity contribution in [1.29, 1.82) is 0 Å². The minimum Gasteiger partial charge on any atom is -0.493 e. The van der Waals surface area contributed by atoms with Gasteiger partial charge in [0.25, 0.3) is 11.8 Å². The van der Waals surface area contributed by atoms with Crippen molar-refractivity contribution < 1.29 is 19.1 Å². The Bertz CT molecular complexity index is 1510. The monoisotopic (exact) mass is 509 g/mol. The molecule has 0 radical (unpaired) electrons. The average Bonchev–Trinajstić information content (AvgIpc) is 3.36. The van der Waals surface area contributed by atoms with Crippen LogP contribution in [0.2, 0.25) is 0 Å². The minimum absolute atomic E-state index is 0.312. The molecular formula is C29H27N5O4. The zero-order chi connectivity index (χ0) is 26.6. The number of anilines is 3. The third kappa shape index (κ3) is 4.57. The summed E-state index contributed by atoms with van der Waals surface area (Å²) in [6.07, 6.45) is 1.49. The van der Waals surface area contributed by atoms with Gasteiger partial charge in [-0.3, -0.25) is 9.59 Å². The molecule has 38 heavy (non-hydrogen) atoms. The Morgan fingerprint density at radius 1 is 0.842 bits per heavy atom. The summed E-state index contributed by atoms with van der Waals surface area (Å²) in [6.45, 7) is 1.80. The first-order valence-corrected chi connectivity index (χ1v) is 12.0. The summed E-state index contributed by atoms with van der Waals surface area (Å²) in [5.74, 6) is 0.803. The van der Waals surface area contributed by atoms with E-state index in [-0.39, 0.29) is 11.8 Å². The molecular weight excluding hydrogens is 482 g/mol. The number of nitrogens with zero attached hydrogens (tertiary/aromatic N) is 2. The summed E-state index contributed by atoms with van der Waals surface area (Å²) in [6, 6.07) is 23.1. The summed E-state index contributed by atoms with van der Waals surface area (Å²) in [5, 5.41) is 13.7. The van der Waals surface area contributed by atoms with Crippen LogP contribution in [0.3, 0.4) is 0 Å². The summed E-state index contributed by atoms with van der Waals surface area (Å²) in [4.78, 5) is 26.9. The number of carbonyl (C=O) groups is 2. The van der Waals surface area contributed by atoms with Crippen molar-refractivity contribution in [3.8, 4) is 11.5 Å². The predicted molar refractivity (Wildman–Crippen MR) is 146 cm³/mol. The van der Waals surface area contributed by atoms with Crippen LogP contribution >= 0.6 is 0 Å². The van der Waals surface area contributed by atoms with Crippen molar-refractivity contribution in [1.82, 2.24) is 9.78 Å². The third-order valence-electron chi connectivity index (χ3n) is 6.30. The Kier molecular flexibility index (Phi) is 6.82. The van der Waals surface area contributed by atoms with Crippen molar-refractivity contribution in [3.63, 3.8) is 0 Å². The molecule has 3 N–H and O–H groups in total. The molecule has 5 rings (SSSR count). The molecule has 192 valence electrons. The van der Waals surface area contributed by atoms with Gasteiger partial charge >= 0.3 is 0 Å². The standard InChI is InChI=1S/C29H27N5O4/c1-18-24(29(36)33-20-13-8-5-9-14-20)25(21-15-10-16-23(37-2)26(21)38-3)34-27(31-18)22(17-30-34)28(35)32-19-11-6-4-7-12-19/h4-17,25,31H,1-3H3,(H,32,35)(H,33,36)/t25-/m0/s1. The third-order valence-corrected chi connectivity index (χ3v) is 6.30. The van der Waals surface area contributed by atoms with E-state index in [1.54, 1.807) is 31.9 Å². The molecule has 1 aliphatic rings. The zero-order valence-corrected chi connectivity index (χ0v) is 21.2. The maximum absolute atomic E-state index is 13.7. The van der Waals surface area contributed by atoms with Gasteiger partial charge in [-0.05, 0) is 37.3 Å². The van der Waals surface area contributed by atoms with E-state index in [1.165, 1.54) is 6.20 Å². The van der Waals surface area contributed by atoms with Gasteiger partial charge in [0.15, 0.2) is 11.5 Å². The van der Waals surface area contributed by atoms with Crippen LogP contribution in [0.15, 0.2) is 96.3 Å². The van der Waals surface area contributed by atoms with Crippen molar-refractivity contribution in [2.45, 2.75) is 13.0 Å². The SMILES string of the molecule is COc1cccc([C@H]2C(C(=O)Nc3ccccc3)=C(C)Nc3c(C(=O)Nc4ccccc4)cnn32)c1OC. The highest BCUT2D eigenvalue weighted by molar-refractivity contribution is 6.09. The van der Waals surface area contributed by atoms with Gasteiger partial charge < -0.3 is 25.4 Å². The van der Waals surface area contributed by atoms with E-state index < -0.39 is 6.04 Å². The highest BCUT2D eigenvalue weighted by Gasteiger charge is 2.37. The Hall–Kier alpha value is -5.05. The molecule has 0 bridgehead atoms. The van der Waals surface area contributed by atoms with Crippen LogP contribution in [-0.4, -0.2) is 35.8 Å². The molecule has 0 unspecified atom stereocenters. The van der Waals surface area contributed by atoms with E-state index in [2.05, 4.69) is 21.0 Å². The number of hydrogen-bond acceptors (Lipinski definition) is 6. The molecule has 4 aromatic rings. The van der Waals surface area contributed by atoms with E-state index in [9.17, 15) is 9.59 Å². The Balaban J connectivity index is 1.61. The van der Waals surface area contributed by atoms with Crippen LogP contribution in [0.25, 0.3) is 0 Å². The Morgan fingerprint density at radius 2 is 1.47 bits per heavy atom. The maximum Gasteiger partial charge on any atom is 0.261 e. The number of allylic oxidation sites excluding steroid dienone is 1. The molecule has 2 amide bonds. The molecule has 0 saturated carbocycles. The number of amides is 2. The number of benzene rings is 3. The number of ether oxygens (including phenoxy) is 2. The zero-order valence-electron chi connectivity index (χ0n) is 21.2. The number of aromatic nitrogens is 2. The van der Waals surface area contributed by atoms with Crippen molar-refractivity contribution in [2.24, 2.45) is 0 Å². The van der Waals surface area contributed by atoms with Crippen LogP contribution in [0, 0.1) is 0 Å². The van der Waals surface area contributed by atoms with Crippen molar-refractivity contribution in [2.75, 3.05) is 30.2 Å². The van der Waals surface area contributed by atoms with Crippen LogP contribution in [0.5, 0.6) is 11.5 Å². The number of methoxy groups -OCH3 is 2. The fourth-order valence-corrected chi connectivity index (χ4v) is 4.57. The van der Waals surface area contributed by atoms with Gasteiger partial charge in [-0.25, -0.2) is 4.68 Å². The molecule has 3 aromatic carbocycles. The Morgan fingerprint density at radius 3 is 2.08 bits per heavy atom. The molecule has 9 heteroatoms. The lowest BCUT2D eigenvalue weighted by atomic mass is 9.93. The highest BCUT2D eigenvalue weighted by Crippen LogP contribution is 2.44. The summed E-state index contributed by atoms with van der Waals surface area (Å²) >= 11 is 0. The number of rotatable bonds is 7.